The van der Waals surface area contributed by atoms with Crippen LogP contribution in [0.2, 0.25) is 0 Å². The van der Waals surface area contributed by atoms with E-state index in [0.717, 1.165) is 18.5 Å². The standard InChI is InChI=1S/C22H27ClN2O/c1-5-9-17(10-6-2)18-12-8-13-19(14-18)25-15-24-22(26)21(16(4)23)20(25)11-7-3/h7-8,11-15,17H,3,5-6,9-10H2,1-2,4H3/b20-11+,21-16-. The molecule has 0 aliphatic heterocycles. The molecule has 3 nitrogen and oxygen atoms in total. The van der Waals surface area contributed by atoms with Crippen LogP contribution in [-0.2, 0) is 0 Å². The first-order valence-corrected chi connectivity index (χ1v) is 9.58. The van der Waals surface area contributed by atoms with E-state index in [9.17, 15) is 4.79 Å². The summed E-state index contributed by atoms with van der Waals surface area (Å²) in [5.74, 6) is 0.546. The van der Waals surface area contributed by atoms with Crippen molar-refractivity contribution in [2.75, 3.05) is 0 Å². The van der Waals surface area contributed by atoms with Crippen LogP contribution in [0.15, 0.2) is 48.0 Å². The van der Waals surface area contributed by atoms with Gasteiger partial charge in [0, 0.05) is 10.7 Å². The van der Waals surface area contributed by atoms with Crippen molar-refractivity contribution in [3.8, 4) is 5.69 Å². The van der Waals surface area contributed by atoms with Gasteiger partial charge in [0.1, 0.15) is 6.33 Å². The number of hydrogen-bond donors (Lipinski definition) is 0. The Bertz CT molecular complexity index is 933. The van der Waals surface area contributed by atoms with Gasteiger partial charge >= 0.3 is 0 Å². The highest BCUT2D eigenvalue weighted by atomic mass is 35.5. The van der Waals surface area contributed by atoms with Crippen LogP contribution in [0.3, 0.4) is 0 Å². The number of halogens is 1. The fourth-order valence-corrected chi connectivity index (χ4v) is 3.55. The normalized spacial score (nSPS) is 13.2. The van der Waals surface area contributed by atoms with Crippen LogP contribution in [-0.4, -0.2) is 9.55 Å². The van der Waals surface area contributed by atoms with Crippen LogP contribution in [0.1, 0.15) is 57.9 Å². The Morgan fingerprint density at radius 3 is 2.58 bits per heavy atom. The summed E-state index contributed by atoms with van der Waals surface area (Å²) >= 11 is 6.18. The molecule has 1 heterocycles. The van der Waals surface area contributed by atoms with E-state index in [0.29, 0.717) is 21.5 Å². The van der Waals surface area contributed by atoms with Gasteiger partial charge < -0.3 is 4.57 Å². The molecule has 4 heteroatoms. The molecule has 1 aromatic carbocycles. The van der Waals surface area contributed by atoms with Crippen molar-refractivity contribution < 1.29 is 0 Å². The van der Waals surface area contributed by atoms with E-state index in [2.05, 4.69) is 43.6 Å². The highest BCUT2D eigenvalue weighted by Crippen LogP contribution is 2.27. The Morgan fingerprint density at radius 1 is 1.31 bits per heavy atom. The number of nitrogens with zero attached hydrogens (tertiary/aromatic N) is 2. The van der Waals surface area contributed by atoms with E-state index < -0.39 is 0 Å². The molecule has 0 radical (unpaired) electrons. The fourth-order valence-electron chi connectivity index (χ4n) is 3.37. The van der Waals surface area contributed by atoms with Gasteiger partial charge in [-0.2, -0.15) is 4.98 Å². The molecule has 0 atom stereocenters. The topological polar surface area (TPSA) is 34.9 Å². The zero-order valence-corrected chi connectivity index (χ0v) is 16.6. The molecule has 0 N–H and O–H groups in total. The minimum atomic E-state index is -0.326. The first-order valence-electron chi connectivity index (χ1n) is 9.20. The predicted octanol–water partition coefficient (Wildman–Crippen LogP) is 4.25. The van der Waals surface area contributed by atoms with E-state index in [1.807, 2.05) is 10.6 Å². The molecule has 26 heavy (non-hydrogen) atoms. The summed E-state index contributed by atoms with van der Waals surface area (Å²) in [6, 6.07) is 8.47. The van der Waals surface area contributed by atoms with Gasteiger partial charge in [-0.15, -0.1) is 0 Å². The van der Waals surface area contributed by atoms with Gasteiger partial charge in [-0.05, 0) is 49.5 Å². The molecular weight excluding hydrogens is 344 g/mol. The van der Waals surface area contributed by atoms with Gasteiger partial charge in [0.25, 0.3) is 5.56 Å². The van der Waals surface area contributed by atoms with Crippen molar-refractivity contribution in [1.29, 1.82) is 0 Å². The molecule has 0 saturated heterocycles. The summed E-state index contributed by atoms with van der Waals surface area (Å²) < 4.78 is 1.91. The lowest BCUT2D eigenvalue weighted by Crippen LogP contribution is -2.46. The summed E-state index contributed by atoms with van der Waals surface area (Å²) in [6.45, 7) is 9.93. The first kappa shape index (κ1) is 20.2. The van der Waals surface area contributed by atoms with Crippen molar-refractivity contribution in [2.45, 2.75) is 52.4 Å². The molecule has 138 valence electrons. The molecule has 1 aromatic heterocycles. The fraction of sp³-hybridized carbons (Fsp3) is 0.364. The number of rotatable bonds is 7. The van der Waals surface area contributed by atoms with Crippen molar-refractivity contribution >= 4 is 22.7 Å². The van der Waals surface area contributed by atoms with E-state index in [1.54, 1.807) is 25.4 Å². The van der Waals surface area contributed by atoms with Crippen LogP contribution >= 0.6 is 11.6 Å². The lowest BCUT2D eigenvalue weighted by atomic mass is 9.90. The summed E-state index contributed by atoms with van der Waals surface area (Å²) in [5.41, 5.74) is 1.97. The molecule has 0 aliphatic carbocycles. The van der Waals surface area contributed by atoms with Crippen molar-refractivity contribution in [2.24, 2.45) is 0 Å². The number of benzene rings is 1. The molecule has 0 aliphatic rings. The molecule has 0 spiro atoms. The average Bonchev–Trinajstić information content (AvgIpc) is 2.62. The SMILES string of the molecule is C=C/C=c1\c(=C(/C)Cl)c(=O)ncn1-c1cccc(C(CCC)CCC)c1. The molecule has 0 saturated carbocycles. The third-order valence-corrected chi connectivity index (χ3v) is 4.72. The van der Waals surface area contributed by atoms with Gasteiger partial charge in [0.05, 0.1) is 10.6 Å². The minimum absolute atomic E-state index is 0.326. The molecule has 0 fully saturated rings. The van der Waals surface area contributed by atoms with Crippen LogP contribution in [0, 0.1) is 0 Å². The average molecular weight is 371 g/mol. The van der Waals surface area contributed by atoms with Crippen LogP contribution in [0.5, 0.6) is 0 Å². The van der Waals surface area contributed by atoms with Gasteiger partial charge in [-0.25, -0.2) is 0 Å². The van der Waals surface area contributed by atoms with Crippen molar-refractivity contribution in [3.63, 3.8) is 0 Å². The second kappa shape index (κ2) is 9.54. The largest absolute Gasteiger partial charge is 0.300 e. The highest BCUT2D eigenvalue weighted by Gasteiger charge is 2.11. The molecule has 2 rings (SSSR count). The van der Waals surface area contributed by atoms with Crippen LogP contribution in [0.4, 0.5) is 0 Å². The highest BCUT2D eigenvalue weighted by molar-refractivity contribution is 6.44. The maximum Gasteiger partial charge on any atom is 0.281 e. The Morgan fingerprint density at radius 2 is 2.00 bits per heavy atom. The second-order valence-electron chi connectivity index (χ2n) is 6.49. The minimum Gasteiger partial charge on any atom is -0.300 e. The third kappa shape index (κ3) is 4.53. The maximum absolute atomic E-state index is 12.2. The van der Waals surface area contributed by atoms with Crippen LogP contribution in [0.25, 0.3) is 16.8 Å². The molecular formula is C22H27ClN2O. The summed E-state index contributed by atoms with van der Waals surface area (Å²) in [7, 11) is 0. The number of allylic oxidation sites excluding steroid dienone is 1. The van der Waals surface area contributed by atoms with Crippen molar-refractivity contribution in [1.82, 2.24) is 9.55 Å². The zero-order chi connectivity index (χ0) is 19.1. The molecule has 2 aromatic rings. The van der Waals surface area contributed by atoms with E-state index in [-0.39, 0.29) is 5.56 Å². The third-order valence-electron chi connectivity index (χ3n) is 4.53. The van der Waals surface area contributed by atoms with Crippen molar-refractivity contribution in [3.05, 3.63) is 69.7 Å². The van der Waals surface area contributed by atoms with Gasteiger partial charge in [0.15, 0.2) is 0 Å². The van der Waals surface area contributed by atoms with Gasteiger partial charge in [-0.3, -0.25) is 4.79 Å². The van der Waals surface area contributed by atoms with Gasteiger partial charge in [0.2, 0.25) is 0 Å². The number of hydrogen-bond acceptors (Lipinski definition) is 2. The Hall–Kier alpha value is -2.13. The summed E-state index contributed by atoms with van der Waals surface area (Å²) in [5, 5.41) is 1.54. The Labute approximate surface area is 160 Å². The second-order valence-corrected chi connectivity index (χ2v) is 7.05. The van der Waals surface area contributed by atoms with E-state index in [1.165, 1.54) is 18.4 Å². The lowest BCUT2D eigenvalue weighted by molar-refractivity contribution is 0.560. The molecule has 0 amide bonds. The molecule has 0 bridgehead atoms. The van der Waals surface area contributed by atoms with E-state index >= 15 is 0 Å². The lowest BCUT2D eigenvalue weighted by Gasteiger charge is -2.17. The quantitative estimate of drug-likeness (QED) is 0.730. The summed E-state index contributed by atoms with van der Waals surface area (Å²) in [4.78, 5) is 16.2. The summed E-state index contributed by atoms with van der Waals surface area (Å²) in [6.07, 6.45) is 9.69. The Kier molecular flexibility index (Phi) is 7.40. The van der Waals surface area contributed by atoms with Gasteiger partial charge in [-0.1, -0.05) is 63.1 Å². The predicted molar refractivity (Wildman–Crippen MR) is 111 cm³/mol. The maximum atomic E-state index is 12.2. The first-order chi connectivity index (χ1) is 12.5. The molecule has 0 unspecified atom stereocenters. The monoisotopic (exact) mass is 370 g/mol. The Balaban J connectivity index is 2.71. The smallest absolute Gasteiger partial charge is 0.281 e. The van der Waals surface area contributed by atoms with Crippen LogP contribution < -0.4 is 16.1 Å². The van der Waals surface area contributed by atoms with E-state index in [4.69, 9.17) is 11.6 Å². The zero-order valence-electron chi connectivity index (χ0n) is 15.8. The number of aromatic nitrogens is 2.